The van der Waals surface area contributed by atoms with Crippen molar-refractivity contribution in [3.8, 4) is 0 Å². The molecule has 0 heterocycles. The lowest BCUT2D eigenvalue weighted by Crippen LogP contribution is -2.22. The van der Waals surface area contributed by atoms with Crippen LogP contribution in [-0.4, -0.2) is 0 Å². The minimum atomic E-state index is -4.26. The number of hydrogen-bond acceptors (Lipinski definition) is 0. The van der Waals surface area contributed by atoms with Crippen molar-refractivity contribution in [2.24, 2.45) is 0 Å². The van der Waals surface area contributed by atoms with Gasteiger partial charge in [0.1, 0.15) is 0 Å². The minimum absolute atomic E-state index is 0.393. The lowest BCUT2D eigenvalue weighted by Gasteiger charge is -2.28. The predicted octanol–water partition coefficient (Wildman–Crippen LogP) is 4.78. The molecule has 0 aliphatic carbocycles. The fraction of sp³-hybridized carbons (Fsp3) is 0.538. The second-order valence-corrected chi connectivity index (χ2v) is 4.68. The van der Waals surface area contributed by atoms with E-state index in [0.29, 0.717) is 5.56 Å². The summed E-state index contributed by atoms with van der Waals surface area (Å²) in [5.74, 6) is 0. The van der Waals surface area contributed by atoms with Crippen molar-refractivity contribution in [3.63, 3.8) is 0 Å². The van der Waals surface area contributed by atoms with Gasteiger partial charge in [-0.15, -0.1) is 0 Å². The molecule has 0 saturated carbocycles. The van der Waals surface area contributed by atoms with Crippen molar-refractivity contribution in [2.45, 2.75) is 45.2 Å². The summed E-state index contributed by atoms with van der Waals surface area (Å²) >= 11 is 0. The van der Waals surface area contributed by atoms with Crippen LogP contribution in [0, 0.1) is 0 Å². The molecule has 0 unspecified atom stereocenters. The maximum Gasteiger partial charge on any atom is 0.416 e. The van der Waals surface area contributed by atoms with Crippen LogP contribution in [0.2, 0.25) is 0 Å². The predicted molar refractivity (Wildman–Crippen MR) is 59.4 cm³/mol. The normalized spacial score (nSPS) is 12.9. The van der Waals surface area contributed by atoms with Gasteiger partial charge in [0, 0.05) is 0 Å². The van der Waals surface area contributed by atoms with E-state index in [0.717, 1.165) is 18.9 Å². The molecule has 0 bridgehead atoms. The van der Waals surface area contributed by atoms with E-state index >= 15 is 0 Å². The average Bonchev–Trinajstić information content (AvgIpc) is 2.16. The van der Waals surface area contributed by atoms with Crippen LogP contribution in [0.15, 0.2) is 24.3 Å². The smallest absolute Gasteiger partial charge is 0.166 e. The Kier molecular flexibility index (Phi) is 3.66. The quantitative estimate of drug-likeness (QED) is 0.700. The van der Waals surface area contributed by atoms with Gasteiger partial charge in [0.05, 0.1) is 5.56 Å². The lowest BCUT2D eigenvalue weighted by molar-refractivity contribution is -0.138. The topological polar surface area (TPSA) is 0 Å². The first-order valence-corrected chi connectivity index (χ1v) is 5.45. The van der Waals surface area contributed by atoms with E-state index in [1.807, 2.05) is 20.8 Å². The summed E-state index contributed by atoms with van der Waals surface area (Å²) in [5, 5.41) is 0. The Morgan fingerprint density at radius 2 is 1.50 bits per heavy atom. The van der Waals surface area contributed by atoms with Crippen LogP contribution in [0.3, 0.4) is 0 Å². The molecule has 0 aliphatic heterocycles. The van der Waals surface area contributed by atoms with E-state index in [4.69, 9.17) is 0 Å². The number of halogens is 3. The molecule has 16 heavy (non-hydrogen) atoms. The van der Waals surface area contributed by atoms with Gasteiger partial charge < -0.3 is 0 Å². The lowest BCUT2D eigenvalue weighted by atomic mass is 9.78. The van der Waals surface area contributed by atoms with Crippen LogP contribution in [0.1, 0.15) is 44.7 Å². The maximum atomic E-state index is 12.8. The zero-order chi connectivity index (χ0) is 12.4. The summed E-state index contributed by atoms with van der Waals surface area (Å²) in [5.41, 5.74) is -0.543. The van der Waals surface area contributed by atoms with Gasteiger partial charge in [0.15, 0.2) is 0 Å². The molecule has 0 atom stereocenters. The molecule has 0 nitrogen and oxygen atoms in total. The first kappa shape index (κ1) is 13.1. The van der Waals surface area contributed by atoms with E-state index in [9.17, 15) is 13.2 Å². The number of hydrogen-bond donors (Lipinski definition) is 0. The first-order chi connectivity index (χ1) is 7.29. The van der Waals surface area contributed by atoms with Gasteiger partial charge in [-0.1, -0.05) is 45.4 Å². The Morgan fingerprint density at radius 1 is 1.00 bits per heavy atom. The molecular weight excluding hydrogens is 213 g/mol. The number of alkyl halides is 3. The van der Waals surface area contributed by atoms with Gasteiger partial charge in [-0.3, -0.25) is 0 Å². The van der Waals surface area contributed by atoms with Gasteiger partial charge in [-0.2, -0.15) is 13.2 Å². The number of benzene rings is 1. The summed E-state index contributed by atoms with van der Waals surface area (Å²) in [6.45, 7) is 5.71. The molecule has 0 N–H and O–H groups in total. The van der Waals surface area contributed by atoms with E-state index in [-0.39, 0.29) is 0 Å². The van der Waals surface area contributed by atoms with E-state index in [2.05, 4.69) is 0 Å². The summed E-state index contributed by atoms with van der Waals surface area (Å²) in [6, 6.07) is 5.85. The summed E-state index contributed by atoms with van der Waals surface area (Å²) in [7, 11) is 0. The van der Waals surface area contributed by atoms with Crippen LogP contribution in [0.5, 0.6) is 0 Å². The second kappa shape index (κ2) is 4.48. The first-order valence-electron chi connectivity index (χ1n) is 5.45. The van der Waals surface area contributed by atoms with E-state index in [1.165, 1.54) is 6.07 Å². The highest BCUT2D eigenvalue weighted by atomic mass is 19.4. The molecule has 1 aromatic carbocycles. The van der Waals surface area contributed by atoms with Gasteiger partial charge in [0.2, 0.25) is 0 Å². The Morgan fingerprint density at radius 3 is 1.94 bits per heavy atom. The fourth-order valence-electron chi connectivity index (χ4n) is 2.08. The minimum Gasteiger partial charge on any atom is -0.166 e. The molecule has 0 aromatic heterocycles. The van der Waals surface area contributed by atoms with Crippen LogP contribution in [0.4, 0.5) is 13.2 Å². The van der Waals surface area contributed by atoms with E-state index < -0.39 is 17.2 Å². The van der Waals surface area contributed by atoms with Crippen molar-refractivity contribution in [1.82, 2.24) is 0 Å². The summed E-state index contributed by atoms with van der Waals surface area (Å²) in [4.78, 5) is 0. The third-order valence-electron chi connectivity index (χ3n) is 2.84. The molecule has 0 spiro atoms. The maximum absolute atomic E-state index is 12.8. The highest BCUT2D eigenvalue weighted by Gasteiger charge is 2.36. The third kappa shape index (κ3) is 2.77. The van der Waals surface area contributed by atoms with Crippen LogP contribution in [-0.2, 0) is 11.6 Å². The van der Waals surface area contributed by atoms with Gasteiger partial charge in [-0.25, -0.2) is 0 Å². The van der Waals surface area contributed by atoms with Crippen molar-refractivity contribution in [1.29, 1.82) is 0 Å². The molecule has 0 radical (unpaired) electrons. The van der Waals surface area contributed by atoms with Gasteiger partial charge >= 0.3 is 6.18 Å². The summed E-state index contributed by atoms with van der Waals surface area (Å²) in [6.07, 6.45) is -2.64. The monoisotopic (exact) mass is 230 g/mol. The molecule has 0 aliphatic rings. The Labute approximate surface area is 94.5 Å². The second-order valence-electron chi connectivity index (χ2n) is 4.68. The highest BCUT2D eigenvalue weighted by molar-refractivity contribution is 5.35. The Balaban J connectivity index is 3.23. The molecule has 0 fully saturated rings. The standard InChI is InChI=1S/C13H17F3/c1-4-9-12(2,3)10-7-5-6-8-11(10)13(14,15)16/h5-8H,4,9H2,1-3H3. The molecular formula is C13H17F3. The van der Waals surface area contributed by atoms with Crippen LogP contribution in [0.25, 0.3) is 0 Å². The Bertz CT molecular complexity index is 350. The van der Waals surface area contributed by atoms with Crippen molar-refractivity contribution >= 4 is 0 Å². The largest absolute Gasteiger partial charge is 0.416 e. The SMILES string of the molecule is CCCC(C)(C)c1ccccc1C(F)(F)F. The Hall–Kier alpha value is -0.990. The summed E-state index contributed by atoms with van der Waals surface area (Å²) < 4.78 is 38.5. The molecule has 1 rings (SSSR count). The zero-order valence-electron chi connectivity index (χ0n) is 9.86. The number of rotatable bonds is 3. The van der Waals surface area contributed by atoms with Crippen molar-refractivity contribution < 1.29 is 13.2 Å². The molecule has 0 saturated heterocycles. The molecule has 90 valence electrons. The van der Waals surface area contributed by atoms with E-state index in [1.54, 1.807) is 12.1 Å². The van der Waals surface area contributed by atoms with Gasteiger partial charge in [0.25, 0.3) is 0 Å². The van der Waals surface area contributed by atoms with Crippen LogP contribution < -0.4 is 0 Å². The van der Waals surface area contributed by atoms with Crippen molar-refractivity contribution in [3.05, 3.63) is 35.4 Å². The third-order valence-corrected chi connectivity index (χ3v) is 2.84. The van der Waals surface area contributed by atoms with Crippen molar-refractivity contribution in [2.75, 3.05) is 0 Å². The van der Waals surface area contributed by atoms with Crippen LogP contribution >= 0.6 is 0 Å². The molecule has 0 amide bonds. The zero-order valence-corrected chi connectivity index (χ0v) is 9.86. The highest BCUT2D eigenvalue weighted by Crippen LogP contribution is 2.39. The fourth-order valence-corrected chi connectivity index (χ4v) is 2.08. The molecule has 3 heteroatoms. The molecule has 1 aromatic rings. The average molecular weight is 230 g/mol. The van der Waals surface area contributed by atoms with Gasteiger partial charge in [-0.05, 0) is 23.5 Å².